The SMILES string of the molecule is CC(=O)OC1CC2(C)C(CC(O)C3C4(C)CCC(O)C(C)C4CCC32C)C1C(CCC=C(C)C)C(=O)OC(C)C. The highest BCUT2D eigenvalue weighted by molar-refractivity contribution is 5.73. The van der Waals surface area contributed by atoms with E-state index in [1.165, 1.54) is 12.5 Å². The molecule has 2 N–H and O–H groups in total. The first kappa shape index (κ1) is 31.5. The molecule has 6 nitrogen and oxygen atoms in total. The van der Waals surface area contributed by atoms with Gasteiger partial charge >= 0.3 is 11.9 Å². The van der Waals surface area contributed by atoms with E-state index < -0.39 is 12.0 Å². The number of allylic oxidation sites excluding steroid dienone is 2. The zero-order valence-electron chi connectivity index (χ0n) is 26.5. The Labute approximate surface area is 242 Å². The van der Waals surface area contributed by atoms with Crippen LogP contribution >= 0.6 is 0 Å². The number of aliphatic hydroxyl groups excluding tert-OH is 2. The third kappa shape index (κ3) is 5.18. The Hall–Kier alpha value is -1.40. The van der Waals surface area contributed by atoms with Gasteiger partial charge in [0, 0.05) is 12.8 Å². The summed E-state index contributed by atoms with van der Waals surface area (Å²) in [5.41, 5.74) is 0.765. The molecule has 0 saturated heterocycles. The lowest BCUT2D eigenvalue weighted by atomic mass is 9.36. The van der Waals surface area contributed by atoms with Crippen LogP contribution in [0.3, 0.4) is 0 Å². The van der Waals surface area contributed by atoms with Crippen molar-refractivity contribution < 1.29 is 29.3 Å². The van der Waals surface area contributed by atoms with Gasteiger partial charge in [0.1, 0.15) is 6.10 Å². The van der Waals surface area contributed by atoms with Gasteiger partial charge in [0.15, 0.2) is 0 Å². The van der Waals surface area contributed by atoms with Gasteiger partial charge in [0.2, 0.25) is 0 Å². The highest BCUT2D eigenvalue weighted by Gasteiger charge is 2.72. The molecule has 40 heavy (non-hydrogen) atoms. The van der Waals surface area contributed by atoms with Crippen LogP contribution in [-0.4, -0.2) is 46.6 Å². The fourth-order valence-corrected chi connectivity index (χ4v) is 10.7. The topological polar surface area (TPSA) is 93.1 Å². The fourth-order valence-electron chi connectivity index (χ4n) is 10.7. The molecule has 0 spiro atoms. The molecule has 4 aliphatic rings. The number of ether oxygens (including phenoxy) is 2. The third-order valence-electron chi connectivity index (χ3n) is 12.4. The summed E-state index contributed by atoms with van der Waals surface area (Å²) in [6.07, 6.45) is 7.17. The van der Waals surface area contributed by atoms with E-state index in [0.717, 1.165) is 32.1 Å². The molecule has 4 aliphatic carbocycles. The maximum atomic E-state index is 13.7. The number of esters is 2. The van der Waals surface area contributed by atoms with E-state index in [0.29, 0.717) is 25.2 Å². The highest BCUT2D eigenvalue weighted by Crippen LogP contribution is 2.74. The Morgan fingerprint density at radius 3 is 2.25 bits per heavy atom. The van der Waals surface area contributed by atoms with Crippen LogP contribution in [0.4, 0.5) is 0 Å². The first-order valence-electron chi connectivity index (χ1n) is 15.9. The quantitative estimate of drug-likeness (QED) is 0.274. The van der Waals surface area contributed by atoms with Gasteiger partial charge in [0.25, 0.3) is 0 Å². The van der Waals surface area contributed by atoms with Gasteiger partial charge in [0.05, 0.1) is 24.2 Å². The predicted molar refractivity (Wildman–Crippen MR) is 156 cm³/mol. The van der Waals surface area contributed by atoms with E-state index in [1.807, 2.05) is 13.8 Å². The molecule has 0 aliphatic heterocycles. The van der Waals surface area contributed by atoms with Crippen LogP contribution in [0.5, 0.6) is 0 Å². The maximum absolute atomic E-state index is 13.7. The van der Waals surface area contributed by atoms with Crippen LogP contribution in [0.25, 0.3) is 0 Å². The lowest BCUT2D eigenvalue weighted by Gasteiger charge is -2.69. The second kappa shape index (κ2) is 11.4. The van der Waals surface area contributed by atoms with Crippen molar-refractivity contribution in [1.82, 2.24) is 0 Å². The van der Waals surface area contributed by atoms with Crippen LogP contribution in [0, 0.1) is 51.8 Å². The predicted octanol–water partition coefficient (Wildman–Crippen LogP) is 6.47. The lowest BCUT2D eigenvalue weighted by Crippen LogP contribution is -2.66. The Morgan fingerprint density at radius 2 is 1.65 bits per heavy atom. The summed E-state index contributed by atoms with van der Waals surface area (Å²) < 4.78 is 11.9. The largest absolute Gasteiger partial charge is 0.463 e. The molecule has 228 valence electrons. The van der Waals surface area contributed by atoms with Crippen LogP contribution in [0.15, 0.2) is 11.6 Å². The van der Waals surface area contributed by atoms with Gasteiger partial charge in [-0.15, -0.1) is 0 Å². The van der Waals surface area contributed by atoms with Crippen molar-refractivity contribution in [3.8, 4) is 0 Å². The minimum Gasteiger partial charge on any atom is -0.463 e. The smallest absolute Gasteiger partial charge is 0.309 e. The molecule has 0 amide bonds. The Bertz CT molecular complexity index is 985. The summed E-state index contributed by atoms with van der Waals surface area (Å²) in [6, 6.07) is 0. The molecule has 0 heterocycles. The Kier molecular flexibility index (Phi) is 8.95. The number of aliphatic hydroxyl groups is 2. The summed E-state index contributed by atoms with van der Waals surface area (Å²) in [6.45, 7) is 18.6. The Morgan fingerprint density at radius 1 is 0.975 bits per heavy atom. The second-order valence-corrected chi connectivity index (χ2v) is 15.2. The third-order valence-corrected chi connectivity index (χ3v) is 12.4. The molecule has 12 atom stereocenters. The number of carbonyl (C=O) groups excluding carboxylic acids is 2. The van der Waals surface area contributed by atoms with Gasteiger partial charge in [-0.05, 0) is 119 Å². The number of hydrogen-bond donors (Lipinski definition) is 2. The van der Waals surface area contributed by atoms with Crippen molar-refractivity contribution in [3.63, 3.8) is 0 Å². The Balaban J connectivity index is 1.77. The summed E-state index contributed by atoms with van der Waals surface area (Å²) in [5, 5.41) is 22.8. The number of rotatable bonds is 7. The van der Waals surface area contributed by atoms with Crippen LogP contribution in [-0.2, 0) is 19.1 Å². The van der Waals surface area contributed by atoms with Crippen molar-refractivity contribution in [3.05, 3.63) is 11.6 Å². The van der Waals surface area contributed by atoms with E-state index in [2.05, 4.69) is 47.6 Å². The average Bonchev–Trinajstić information content (AvgIpc) is 3.10. The number of hydrogen-bond acceptors (Lipinski definition) is 6. The van der Waals surface area contributed by atoms with Crippen LogP contribution in [0.2, 0.25) is 0 Å². The summed E-state index contributed by atoms with van der Waals surface area (Å²) in [4.78, 5) is 26.1. The zero-order chi connectivity index (χ0) is 29.8. The van der Waals surface area contributed by atoms with Crippen molar-refractivity contribution in [2.45, 2.75) is 138 Å². The summed E-state index contributed by atoms with van der Waals surface area (Å²) in [7, 11) is 0. The highest BCUT2D eigenvalue weighted by atomic mass is 16.5. The van der Waals surface area contributed by atoms with Gasteiger partial charge in [-0.2, -0.15) is 0 Å². The van der Waals surface area contributed by atoms with Crippen molar-refractivity contribution >= 4 is 11.9 Å². The molecule has 0 aromatic heterocycles. The molecule has 6 heteroatoms. The zero-order valence-corrected chi connectivity index (χ0v) is 26.5. The van der Waals surface area contributed by atoms with E-state index in [1.54, 1.807) is 0 Å². The molecular weight excluding hydrogens is 504 g/mol. The minimum absolute atomic E-state index is 0.0382. The molecule has 0 aromatic rings. The van der Waals surface area contributed by atoms with Gasteiger partial charge in [-0.3, -0.25) is 9.59 Å². The normalized spacial score (nSPS) is 45.1. The van der Waals surface area contributed by atoms with E-state index in [-0.39, 0.29) is 70.2 Å². The van der Waals surface area contributed by atoms with Crippen molar-refractivity contribution in [2.75, 3.05) is 0 Å². The van der Waals surface area contributed by atoms with Crippen molar-refractivity contribution in [2.24, 2.45) is 51.8 Å². The van der Waals surface area contributed by atoms with E-state index in [9.17, 15) is 19.8 Å². The van der Waals surface area contributed by atoms with Crippen LogP contribution in [0.1, 0.15) is 114 Å². The average molecular weight is 561 g/mol. The molecule has 4 fully saturated rings. The molecule has 0 bridgehead atoms. The molecule has 0 radical (unpaired) electrons. The molecule has 4 rings (SSSR count). The first-order chi connectivity index (χ1) is 18.6. The fraction of sp³-hybridized carbons (Fsp3) is 0.882. The van der Waals surface area contributed by atoms with Crippen molar-refractivity contribution in [1.29, 1.82) is 0 Å². The maximum Gasteiger partial charge on any atom is 0.309 e. The minimum atomic E-state index is -0.503. The number of fused-ring (bicyclic) bond motifs is 5. The van der Waals surface area contributed by atoms with Crippen LogP contribution < -0.4 is 0 Å². The van der Waals surface area contributed by atoms with E-state index in [4.69, 9.17) is 9.47 Å². The standard InChI is InChI=1S/C34H56O6/c1-19(2)11-10-12-23(31(38)39-20(3)4)29-25-17-27(37)30-32(7)15-14-26(36)21(5)24(32)13-16-33(30,8)34(25,9)18-28(29)40-22(6)35/h11,20-21,23-30,36-37H,10,12-18H2,1-9H3. The van der Waals surface area contributed by atoms with E-state index >= 15 is 0 Å². The lowest BCUT2D eigenvalue weighted by molar-refractivity contribution is -0.240. The molecule has 4 saturated carbocycles. The molecular formula is C34H56O6. The second-order valence-electron chi connectivity index (χ2n) is 15.2. The summed E-state index contributed by atoms with van der Waals surface area (Å²) >= 11 is 0. The van der Waals surface area contributed by atoms with Gasteiger partial charge in [-0.1, -0.05) is 39.3 Å². The first-order valence-corrected chi connectivity index (χ1v) is 15.9. The monoisotopic (exact) mass is 560 g/mol. The summed E-state index contributed by atoms with van der Waals surface area (Å²) in [5.74, 6) is -0.398. The molecule has 12 unspecified atom stereocenters. The van der Waals surface area contributed by atoms with Gasteiger partial charge < -0.3 is 19.7 Å². The molecule has 0 aromatic carbocycles. The van der Waals surface area contributed by atoms with Gasteiger partial charge in [-0.25, -0.2) is 0 Å². The number of carbonyl (C=O) groups is 2.